The molecule has 43 heavy (non-hydrogen) atoms. The highest BCUT2D eigenvalue weighted by Crippen LogP contribution is 2.21. The first kappa shape index (κ1) is 37.4. The number of halogens is 3. The number of rotatable bonds is 7. The zero-order valence-corrected chi connectivity index (χ0v) is 24.6. The van der Waals surface area contributed by atoms with E-state index in [0.717, 1.165) is 17.5 Å². The minimum atomic E-state index is -1.14. The van der Waals surface area contributed by atoms with Crippen molar-refractivity contribution in [1.29, 1.82) is 0 Å². The van der Waals surface area contributed by atoms with Crippen LogP contribution in [-0.2, 0) is 41.9 Å². The number of carboxylic acids is 1. The van der Waals surface area contributed by atoms with Crippen LogP contribution in [0, 0.1) is 0 Å². The zero-order chi connectivity index (χ0) is 31.1. The molecule has 11 nitrogen and oxygen atoms in total. The number of benzene rings is 2. The van der Waals surface area contributed by atoms with Crippen LogP contribution in [0.4, 0.5) is 9.59 Å². The van der Waals surface area contributed by atoms with Gasteiger partial charge in [-0.1, -0.05) is 68.1 Å². The van der Waals surface area contributed by atoms with Gasteiger partial charge < -0.3 is 14.6 Å². The first-order valence-electron chi connectivity index (χ1n) is 12.8. The summed E-state index contributed by atoms with van der Waals surface area (Å²) in [7, 11) is 0. The van der Waals surface area contributed by atoms with Gasteiger partial charge in [0.05, 0.1) is 0 Å². The minimum Gasteiger partial charge on any atom is -0.480 e. The molecule has 2 fully saturated rings. The number of aliphatic carboxylic acids is 1. The molecule has 2 saturated heterocycles. The lowest BCUT2D eigenvalue weighted by molar-refractivity contribution is -0.141. The molecule has 0 saturated carbocycles. The maximum absolute atomic E-state index is 11.8. The van der Waals surface area contributed by atoms with Gasteiger partial charge in [0.1, 0.15) is 25.3 Å². The summed E-state index contributed by atoms with van der Waals surface area (Å²) in [5.74, 6) is -0.968. The molecule has 0 aliphatic carbocycles. The molecule has 0 aromatic heterocycles. The second-order valence-electron chi connectivity index (χ2n) is 8.97. The van der Waals surface area contributed by atoms with Gasteiger partial charge in [0, 0.05) is 13.1 Å². The Morgan fingerprint density at radius 2 is 1.05 bits per heavy atom. The summed E-state index contributed by atoms with van der Waals surface area (Å²) in [6.07, 6.45) is 1.57. The van der Waals surface area contributed by atoms with E-state index >= 15 is 0 Å². The predicted molar refractivity (Wildman–Crippen MR) is 160 cm³/mol. The third-order valence-corrected chi connectivity index (χ3v) is 6.78. The average molecular weight is 660 g/mol. The third-order valence-electron chi connectivity index (χ3n) is 6.09. The molecule has 0 spiro atoms. The number of carbonyl (C=O) groups excluding carboxylic acids is 5. The number of nitrogens with zero attached hydrogens (tertiary/aromatic N) is 2. The SMILES string of the molecule is C.O=C(Cl)C(=O)Cl.O=C(Cl)[C@@H]1CCCN1C(=O)OCc1ccccc1.O=C(O)[C@@H]1CCCN1C(=O)OCc1ccccc1. The van der Waals surface area contributed by atoms with Crippen molar-refractivity contribution < 1.29 is 43.3 Å². The average Bonchev–Trinajstić information content (AvgIpc) is 3.67. The Labute approximate surface area is 264 Å². The molecule has 0 bridgehead atoms. The fourth-order valence-corrected chi connectivity index (χ4v) is 4.29. The van der Waals surface area contributed by atoms with E-state index in [1.807, 2.05) is 60.7 Å². The molecule has 1 N–H and O–H groups in total. The molecule has 2 atom stereocenters. The second-order valence-corrected chi connectivity index (χ2v) is 10.0. The summed E-state index contributed by atoms with van der Waals surface area (Å²) in [5, 5.41) is 6.19. The summed E-state index contributed by atoms with van der Waals surface area (Å²) in [6, 6.07) is 17.4. The highest BCUT2D eigenvalue weighted by Gasteiger charge is 2.35. The van der Waals surface area contributed by atoms with Gasteiger partial charge in [-0.2, -0.15) is 0 Å². The summed E-state index contributed by atoms with van der Waals surface area (Å²) in [5.41, 5.74) is 1.80. The van der Waals surface area contributed by atoms with Gasteiger partial charge in [0.25, 0.3) is 0 Å². The van der Waals surface area contributed by atoms with Gasteiger partial charge in [-0.3, -0.25) is 24.2 Å². The lowest BCUT2D eigenvalue weighted by Gasteiger charge is -2.20. The Morgan fingerprint density at radius 3 is 1.40 bits per heavy atom. The van der Waals surface area contributed by atoms with Gasteiger partial charge in [-0.05, 0) is 71.6 Å². The lowest BCUT2D eigenvalue weighted by Crippen LogP contribution is -2.40. The molecular weight excluding hydrogens is 627 g/mol. The molecule has 0 radical (unpaired) electrons. The van der Waals surface area contributed by atoms with Crippen LogP contribution in [0.3, 0.4) is 0 Å². The van der Waals surface area contributed by atoms with E-state index in [1.54, 1.807) is 0 Å². The van der Waals surface area contributed by atoms with Crippen LogP contribution >= 0.6 is 34.8 Å². The topological polar surface area (TPSA) is 148 Å². The normalized spacial score (nSPS) is 16.7. The Hall–Kier alpha value is -3.67. The monoisotopic (exact) mass is 658 g/mol. The number of likely N-dealkylation sites (tertiary alicyclic amines) is 2. The quantitative estimate of drug-likeness (QED) is 0.297. The van der Waals surface area contributed by atoms with Crippen LogP contribution in [-0.4, -0.2) is 74.0 Å². The van der Waals surface area contributed by atoms with Crippen molar-refractivity contribution in [2.24, 2.45) is 0 Å². The molecule has 14 heteroatoms. The van der Waals surface area contributed by atoms with Crippen molar-refractivity contribution in [3.8, 4) is 0 Å². The van der Waals surface area contributed by atoms with Gasteiger partial charge in [0.15, 0.2) is 0 Å². The summed E-state index contributed by atoms with van der Waals surface area (Å²) >= 11 is 14.4. The fourth-order valence-electron chi connectivity index (χ4n) is 4.07. The van der Waals surface area contributed by atoms with Crippen LogP contribution in [0.2, 0.25) is 0 Å². The summed E-state index contributed by atoms with van der Waals surface area (Å²) in [6.45, 7) is 1.35. The first-order valence-corrected chi connectivity index (χ1v) is 13.9. The Kier molecular flexibility index (Phi) is 16.9. The summed E-state index contributed by atoms with van der Waals surface area (Å²) in [4.78, 5) is 67.2. The van der Waals surface area contributed by atoms with Crippen LogP contribution in [0.1, 0.15) is 44.2 Å². The molecule has 2 aliphatic heterocycles. The third kappa shape index (κ3) is 13.0. The minimum absolute atomic E-state index is 0. The van der Waals surface area contributed by atoms with E-state index in [9.17, 15) is 28.8 Å². The van der Waals surface area contributed by atoms with E-state index in [1.165, 1.54) is 9.80 Å². The van der Waals surface area contributed by atoms with E-state index in [4.69, 9.17) is 26.2 Å². The largest absolute Gasteiger partial charge is 0.480 e. The number of carboxylic acid groups (broad SMARTS) is 1. The maximum Gasteiger partial charge on any atom is 0.410 e. The molecule has 2 aromatic rings. The van der Waals surface area contributed by atoms with Crippen LogP contribution in [0.5, 0.6) is 0 Å². The summed E-state index contributed by atoms with van der Waals surface area (Å²) < 4.78 is 10.3. The molecule has 234 valence electrons. The van der Waals surface area contributed by atoms with Crippen molar-refractivity contribution in [3.63, 3.8) is 0 Å². The number of hydrogen-bond acceptors (Lipinski definition) is 8. The highest BCUT2D eigenvalue weighted by molar-refractivity contribution is 6.97. The van der Waals surface area contributed by atoms with Crippen molar-refractivity contribution in [2.45, 2.75) is 58.4 Å². The van der Waals surface area contributed by atoms with Crippen LogP contribution in [0.25, 0.3) is 0 Å². The van der Waals surface area contributed by atoms with Crippen molar-refractivity contribution in [1.82, 2.24) is 9.80 Å². The predicted octanol–water partition coefficient (Wildman–Crippen LogP) is 5.58. The van der Waals surface area contributed by atoms with Crippen molar-refractivity contribution >= 4 is 68.7 Å². The number of carbonyl (C=O) groups is 6. The zero-order valence-electron chi connectivity index (χ0n) is 22.3. The smallest absolute Gasteiger partial charge is 0.410 e. The van der Waals surface area contributed by atoms with Crippen molar-refractivity contribution in [3.05, 3.63) is 71.8 Å². The fraction of sp³-hybridized carbons (Fsp3) is 0.379. The molecule has 2 aromatic carbocycles. The van der Waals surface area contributed by atoms with E-state index in [0.29, 0.717) is 32.4 Å². The molecule has 2 heterocycles. The Morgan fingerprint density at radius 1 is 0.674 bits per heavy atom. The highest BCUT2D eigenvalue weighted by atomic mass is 35.5. The van der Waals surface area contributed by atoms with Crippen LogP contribution in [0.15, 0.2) is 60.7 Å². The molecule has 2 amide bonds. The Bertz CT molecular complexity index is 1140. The number of hydrogen-bond donors (Lipinski definition) is 1. The van der Waals surface area contributed by atoms with Gasteiger partial charge in [0.2, 0.25) is 5.24 Å². The van der Waals surface area contributed by atoms with Crippen molar-refractivity contribution in [2.75, 3.05) is 13.1 Å². The van der Waals surface area contributed by atoms with Gasteiger partial charge >= 0.3 is 28.6 Å². The first-order chi connectivity index (χ1) is 20.0. The molecule has 0 unspecified atom stereocenters. The van der Waals surface area contributed by atoms with E-state index in [-0.39, 0.29) is 20.6 Å². The number of ether oxygens (including phenoxy) is 2. The molecular formula is C29H33Cl3N2O9. The molecule has 4 rings (SSSR count). The standard InChI is InChI=1S/C13H14ClNO3.C13H15NO4.C2Cl2O2.CH4/c14-12(16)11-7-4-8-15(11)13(17)18-9-10-5-2-1-3-6-10;15-12(16)11-7-4-8-14(11)13(17)18-9-10-5-2-1-3-6-10;3-1(5)2(4)6;/h1-3,5-6,11H,4,7-9H2;1-3,5-6,11H,4,7-9H2,(H,15,16);;1H4/t2*11-;;/m00../s1. The van der Waals surface area contributed by atoms with Crippen LogP contribution < -0.4 is 0 Å². The maximum atomic E-state index is 11.8. The van der Waals surface area contributed by atoms with Gasteiger partial charge in [-0.15, -0.1) is 0 Å². The van der Waals surface area contributed by atoms with E-state index in [2.05, 4.69) is 23.2 Å². The van der Waals surface area contributed by atoms with Gasteiger partial charge in [-0.25, -0.2) is 14.4 Å². The second kappa shape index (κ2) is 19.5. The van der Waals surface area contributed by atoms with E-state index < -0.39 is 46.0 Å². The Balaban J connectivity index is 0.000000356. The lowest BCUT2D eigenvalue weighted by atomic mass is 10.2. The number of amides is 2. The molecule has 2 aliphatic rings.